The minimum atomic E-state index is -1.25. The molecule has 0 spiro atoms. The SMILES string of the molecule is COC(=O)C1CCCN1C(=O)C1=CC(NC(=O)Nc2ccccc2Br)C(OC(=O)NCCCl)C(OC(=O)NCCCl)C1. The molecule has 5 amide bonds. The highest BCUT2D eigenvalue weighted by Gasteiger charge is 2.44. The molecule has 4 unspecified atom stereocenters. The van der Waals surface area contributed by atoms with E-state index in [2.05, 4.69) is 37.2 Å². The Morgan fingerprint density at radius 1 is 1.02 bits per heavy atom. The van der Waals surface area contributed by atoms with Crippen LogP contribution in [0.5, 0.6) is 0 Å². The zero-order valence-electron chi connectivity index (χ0n) is 22.7. The molecule has 1 saturated heterocycles. The molecule has 2 aliphatic rings. The molecular formula is C26H32BrCl2N5O8. The number of nitrogens with zero attached hydrogens (tertiary/aromatic N) is 1. The van der Waals surface area contributed by atoms with Crippen LogP contribution in [0.25, 0.3) is 0 Å². The molecule has 3 rings (SSSR count). The van der Waals surface area contributed by atoms with Crippen molar-refractivity contribution in [2.75, 3.05) is 43.8 Å². The highest BCUT2D eigenvalue weighted by Crippen LogP contribution is 2.30. The lowest BCUT2D eigenvalue weighted by atomic mass is 9.89. The largest absolute Gasteiger partial charge is 0.467 e. The van der Waals surface area contributed by atoms with Crippen LogP contribution in [0.3, 0.4) is 0 Å². The third kappa shape index (κ3) is 9.13. The number of anilines is 1. The van der Waals surface area contributed by atoms with Crippen molar-refractivity contribution in [3.8, 4) is 0 Å². The van der Waals surface area contributed by atoms with Crippen molar-refractivity contribution in [3.05, 3.63) is 40.4 Å². The summed E-state index contributed by atoms with van der Waals surface area (Å²) in [7, 11) is 1.24. The molecule has 1 heterocycles. The number of alkyl halides is 2. The highest BCUT2D eigenvalue weighted by molar-refractivity contribution is 9.10. The molecule has 4 N–H and O–H groups in total. The predicted octanol–water partition coefficient (Wildman–Crippen LogP) is 3.10. The maximum Gasteiger partial charge on any atom is 0.407 e. The Morgan fingerprint density at radius 3 is 2.33 bits per heavy atom. The summed E-state index contributed by atoms with van der Waals surface area (Å²) >= 11 is 14.7. The minimum absolute atomic E-state index is 0.0961. The second-order valence-corrected chi connectivity index (χ2v) is 10.8. The van der Waals surface area contributed by atoms with Crippen molar-refractivity contribution in [2.24, 2.45) is 0 Å². The zero-order chi connectivity index (χ0) is 30.6. The van der Waals surface area contributed by atoms with E-state index in [1.165, 1.54) is 18.1 Å². The second-order valence-electron chi connectivity index (χ2n) is 9.23. The summed E-state index contributed by atoms with van der Waals surface area (Å²) < 4.78 is 16.6. The summed E-state index contributed by atoms with van der Waals surface area (Å²) in [4.78, 5) is 65.6. The van der Waals surface area contributed by atoms with E-state index in [9.17, 15) is 24.0 Å². The minimum Gasteiger partial charge on any atom is -0.467 e. The first-order valence-corrected chi connectivity index (χ1v) is 15.0. The molecule has 0 radical (unpaired) electrons. The Bertz CT molecular complexity index is 1190. The van der Waals surface area contributed by atoms with Gasteiger partial charge in [-0.3, -0.25) is 4.79 Å². The Hall–Kier alpha value is -3.23. The van der Waals surface area contributed by atoms with Gasteiger partial charge in [-0.2, -0.15) is 0 Å². The lowest BCUT2D eigenvalue weighted by Gasteiger charge is -2.37. The van der Waals surface area contributed by atoms with Crippen molar-refractivity contribution in [1.29, 1.82) is 0 Å². The van der Waals surface area contributed by atoms with E-state index in [0.29, 0.717) is 29.5 Å². The van der Waals surface area contributed by atoms with E-state index in [1.807, 2.05) is 0 Å². The summed E-state index contributed by atoms with van der Waals surface area (Å²) in [6.45, 7) is 0.499. The van der Waals surface area contributed by atoms with Crippen molar-refractivity contribution in [3.63, 3.8) is 0 Å². The number of carbonyl (C=O) groups excluding carboxylic acids is 5. The van der Waals surface area contributed by atoms with Gasteiger partial charge >= 0.3 is 24.2 Å². The first kappa shape index (κ1) is 33.3. The number of hydrogen-bond acceptors (Lipinski definition) is 8. The number of urea groups is 1. The van der Waals surface area contributed by atoms with Crippen LogP contribution >= 0.6 is 39.1 Å². The van der Waals surface area contributed by atoms with Crippen LogP contribution in [-0.4, -0.2) is 97.8 Å². The average molecular weight is 693 g/mol. The van der Waals surface area contributed by atoms with Crippen LogP contribution in [0.4, 0.5) is 20.1 Å². The standard InChI is InChI=1S/C26H32BrCl2N5O8/c1-40-23(36)19-7-4-12-34(19)22(35)15-13-18(33-24(37)32-17-6-3-2-5-16(17)27)21(42-26(39)31-11-9-29)20(14-15)41-25(38)30-10-8-28/h2-3,5-6,13,18-21H,4,7-12,14H2,1H3,(H,30,38)(H,31,39)(H2,32,33,37). The summed E-state index contributed by atoms with van der Waals surface area (Å²) in [6, 6.07) is 4.29. The molecular weight excluding hydrogens is 661 g/mol. The molecule has 1 aromatic rings. The average Bonchev–Trinajstić information content (AvgIpc) is 3.47. The lowest BCUT2D eigenvalue weighted by Crippen LogP contribution is -2.56. The molecule has 42 heavy (non-hydrogen) atoms. The maximum atomic E-state index is 13.7. The number of para-hydroxylation sites is 1. The predicted molar refractivity (Wildman–Crippen MR) is 158 cm³/mol. The van der Waals surface area contributed by atoms with Gasteiger partial charge in [0.1, 0.15) is 12.1 Å². The van der Waals surface area contributed by atoms with Crippen LogP contribution in [0.1, 0.15) is 19.3 Å². The number of halogens is 3. The Labute approximate surface area is 261 Å². The highest BCUT2D eigenvalue weighted by atomic mass is 79.9. The van der Waals surface area contributed by atoms with Gasteiger partial charge in [-0.15, -0.1) is 23.2 Å². The fourth-order valence-electron chi connectivity index (χ4n) is 4.57. The molecule has 16 heteroatoms. The van der Waals surface area contributed by atoms with Gasteiger partial charge in [0.05, 0.1) is 18.8 Å². The number of amides is 5. The number of ether oxygens (including phenoxy) is 3. The Balaban J connectivity index is 1.95. The van der Waals surface area contributed by atoms with Gasteiger partial charge in [-0.25, -0.2) is 19.2 Å². The third-order valence-corrected chi connectivity index (χ3v) is 7.50. The van der Waals surface area contributed by atoms with Gasteiger partial charge in [0.2, 0.25) is 5.91 Å². The first-order valence-electron chi connectivity index (χ1n) is 13.1. The molecule has 0 saturated carbocycles. The van der Waals surface area contributed by atoms with E-state index in [1.54, 1.807) is 24.3 Å². The van der Waals surface area contributed by atoms with Crippen LogP contribution in [0.15, 0.2) is 40.4 Å². The van der Waals surface area contributed by atoms with Gasteiger partial charge in [0, 0.05) is 47.9 Å². The lowest BCUT2D eigenvalue weighted by molar-refractivity contribution is -0.150. The van der Waals surface area contributed by atoms with Crippen molar-refractivity contribution < 1.29 is 38.2 Å². The number of alkyl carbamates (subject to hydrolysis) is 2. The molecule has 1 fully saturated rings. The smallest absolute Gasteiger partial charge is 0.407 e. The Kier molecular flexibility index (Phi) is 13.0. The maximum absolute atomic E-state index is 13.7. The van der Waals surface area contributed by atoms with Crippen molar-refractivity contribution >= 4 is 74.9 Å². The fraction of sp³-hybridized carbons (Fsp3) is 0.500. The topological polar surface area (TPSA) is 164 Å². The number of nitrogens with one attached hydrogen (secondary N) is 4. The zero-order valence-corrected chi connectivity index (χ0v) is 25.8. The van der Waals surface area contributed by atoms with Gasteiger partial charge in [-0.1, -0.05) is 12.1 Å². The molecule has 230 valence electrons. The van der Waals surface area contributed by atoms with E-state index in [-0.39, 0.29) is 36.8 Å². The summed E-state index contributed by atoms with van der Waals surface area (Å²) in [5.74, 6) is -0.814. The van der Waals surface area contributed by atoms with Crippen molar-refractivity contribution in [1.82, 2.24) is 20.9 Å². The molecule has 4 atom stereocenters. The second kappa shape index (κ2) is 16.4. The van der Waals surface area contributed by atoms with Crippen LogP contribution < -0.4 is 21.3 Å². The number of carbonyl (C=O) groups is 5. The van der Waals surface area contributed by atoms with Crippen LogP contribution in [0.2, 0.25) is 0 Å². The van der Waals surface area contributed by atoms with E-state index >= 15 is 0 Å². The summed E-state index contributed by atoms with van der Waals surface area (Å²) in [5.41, 5.74) is 0.600. The monoisotopic (exact) mass is 691 g/mol. The number of likely N-dealkylation sites (tertiary alicyclic amines) is 1. The van der Waals surface area contributed by atoms with Gasteiger partial charge in [-0.05, 0) is 47.0 Å². The third-order valence-electron chi connectivity index (χ3n) is 6.43. The molecule has 13 nitrogen and oxygen atoms in total. The van der Waals surface area contributed by atoms with E-state index in [0.717, 1.165) is 0 Å². The number of hydrogen-bond donors (Lipinski definition) is 4. The van der Waals surface area contributed by atoms with E-state index < -0.39 is 54.4 Å². The molecule has 1 aromatic carbocycles. The number of esters is 1. The quantitative estimate of drug-likeness (QED) is 0.165. The first-order chi connectivity index (χ1) is 20.2. The summed E-state index contributed by atoms with van der Waals surface area (Å²) in [6.07, 6.45) is -1.93. The molecule has 0 bridgehead atoms. The molecule has 1 aliphatic carbocycles. The number of methoxy groups -OCH3 is 1. The van der Waals surface area contributed by atoms with Crippen LogP contribution in [-0.2, 0) is 23.8 Å². The van der Waals surface area contributed by atoms with Crippen LogP contribution in [0, 0.1) is 0 Å². The van der Waals surface area contributed by atoms with E-state index in [4.69, 9.17) is 37.4 Å². The Morgan fingerprint density at radius 2 is 1.69 bits per heavy atom. The van der Waals surface area contributed by atoms with Gasteiger partial charge in [0.25, 0.3) is 0 Å². The normalized spacial score (nSPS) is 21.4. The number of benzene rings is 1. The number of rotatable bonds is 10. The van der Waals surface area contributed by atoms with Gasteiger partial charge < -0.3 is 40.4 Å². The molecule has 1 aliphatic heterocycles. The fourth-order valence-corrected chi connectivity index (χ4v) is 5.15. The van der Waals surface area contributed by atoms with Crippen molar-refractivity contribution in [2.45, 2.75) is 43.6 Å². The summed E-state index contributed by atoms with van der Waals surface area (Å²) in [5, 5.41) is 10.3. The molecule has 0 aromatic heterocycles. The van der Waals surface area contributed by atoms with Gasteiger partial charge in [0.15, 0.2) is 6.10 Å².